The van der Waals surface area contributed by atoms with E-state index in [1.54, 1.807) is 13.8 Å². The maximum absolute atomic E-state index is 11.9. The van der Waals surface area contributed by atoms with E-state index in [-0.39, 0.29) is 23.0 Å². The van der Waals surface area contributed by atoms with Crippen molar-refractivity contribution in [3.05, 3.63) is 24.3 Å². The van der Waals surface area contributed by atoms with E-state index in [1.807, 2.05) is 0 Å². The van der Waals surface area contributed by atoms with Gasteiger partial charge in [-0.15, -0.1) is 0 Å². The SMILES string of the molecule is CC(C)(CO)CS(=O)(=O)c1ccc(O)cc1. The average Bonchev–Trinajstić information content (AvgIpc) is 2.17. The summed E-state index contributed by atoms with van der Waals surface area (Å²) in [4.78, 5) is 0.159. The number of hydrogen-bond donors (Lipinski definition) is 2. The topological polar surface area (TPSA) is 74.6 Å². The maximum atomic E-state index is 11.9. The number of hydrogen-bond acceptors (Lipinski definition) is 4. The molecule has 0 radical (unpaired) electrons. The van der Waals surface area contributed by atoms with Crippen LogP contribution >= 0.6 is 0 Å². The van der Waals surface area contributed by atoms with Crippen molar-refractivity contribution in [2.75, 3.05) is 12.4 Å². The van der Waals surface area contributed by atoms with E-state index in [9.17, 15) is 8.42 Å². The van der Waals surface area contributed by atoms with Crippen LogP contribution in [0.4, 0.5) is 0 Å². The van der Waals surface area contributed by atoms with Crippen molar-refractivity contribution in [1.29, 1.82) is 0 Å². The molecule has 0 heterocycles. The van der Waals surface area contributed by atoms with E-state index in [2.05, 4.69) is 0 Å². The lowest BCUT2D eigenvalue weighted by Crippen LogP contribution is -2.27. The predicted molar refractivity (Wildman–Crippen MR) is 61.0 cm³/mol. The summed E-state index contributed by atoms with van der Waals surface area (Å²) in [7, 11) is -3.42. The quantitative estimate of drug-likeness (QED) is 0.834. The number of aliphatic hydroxyl groups excluding tert-OH is 1. The van der Waals surface area contributed by atoms with Crippen LogP contribution in [0, 0.1) is 5.41 Å². The summed E-state index contributed by atoms with van der Waals surface area (Å²) in [6, 6.07) is 5.38. The number of phenols is 1. The summed E-state index contributed by atoms with van der Waals surface area (Å²) < 4.78 is 23.9. The van der Waals surface area contributed by atoms with Gasteiger partial charge < -0.3 is 10.2 Å². The number of aliphatic hydroxyl groups is 1. The molecule has 0 atom stereocenters. The molecule has 0 saturated heterocycles. The summed E-state index contributed by atoms with van der Waals surface area (Å²) in [5.41, 5.74) is -0.670. The van der Waals surface area contributed by atoms with Crippen molar-refractivity contribution in [3.8, 4) is 5.75 Å². The van der Waals surface area contributed by atoms with E-state index < -0.39 is 15.3 Å². The lowest BCUT2D eigenvalue weighted by molar-refractivity contribution is 0.179. The highest BCUT2D eigenvalue weighted by atomic mass is 32.2. The Morgan fingerprint density at radius 3 is 2.12 bits per heavy atom. The molecule has 0 aromatic heterocycles. The van der Waals surface area contributed by atoms with Crippen LogP contribution in [0.1, 0.15) is 13.8 Å². The van der Waals surface area contributed by atoms with Crippen LogP contribution in [0.25, 0.3) is 0 Å². The monoisotopic (exact) mass is 244 g/mol. The van der Waals surface area contributed by atoms with Crippen molar-refractivity contribution in [2.24, 2.45) is 5.41 Å². The van der Waals surface area contributed by atoms with Crippen LogP contribution < -0.4 is 0 Å². The fourth-order valence-corrected chi connectivity index (χ4v) is 3.13. The fraction of sp³-hybridized carbons (Fsp3) is 0.455. The molecule has 16 heavy (non-hydrogen) atoms. The number of rotatable bonds is 4. The molecule has 4 nitrogen and oxygen atoms in total. The predicted octanol–water partition coefficient (Wildman–Crippen LogP) is 1.18. The van der Waals surface area contributed by atoms with E-state index in [0.717, 1.165) is 0 Å². The first-order valence-electron chi connectivity index (χ1n) is 4.89. The van der Waals surface area contributed by atoms with E-state index >= 15 is 0 Å². The molecule has 0 aliphatic heterocycles. The highest BCUT2D eigenvalue weighted by Crippen LogP contribution is 2.23. The van der Waals surface area contributed by atoms with Gasteiger partial charge in [-0.3, -0.25) is 0 Å². The minimum atomic E-state index is -3.42. The smallest absolute Gasteiger partial charge is 0.178 e. The first-order valence-corrected chi connectivity index (χ1v) is 6.55. The highest BCUT2D eigenvalue weighted by Gasteiger charge is 2.26. The molecule has 0 aliphatic rings. The average molecular weight is 244 g/mol. The van der Waals surface area contributed by atoms with Gasteiger partial charge in [0.1, 0.15) is 5.75 Å². The zero-order valence-electron chi connectivity index (χ0n) is 9.34. The van der Waals surface area contributed by atoms with Gasteiger partial charge in [-0.1, -0.05) is 13.8 Å². The molecule has 1 aromatic carbocycles. The standard InChI is InChI=1S/C11H16O4S/c1-11(2,7-12)8-16(14,15)10-5-3-9(13)4-6-10/h3-6,12-13H,7-8H2,1-2H3. The van der Waals surface area contributed by atoms with Crippen molar-refractivity contribution >= 4 is 9.84 Å². The van der Waals surface area contributed by atoms with Gasteiger partial charge in [0.2, 0.25) is 0 Å². The molecule has 0 amide bonds. The minimum Gasteiger partial charge on any atom is -0.508 e. The first-order chi connectivity index (χ1) is 7.27. The summed E-state index contributed by atoms with van der Waals surface area (Å²) in [6.45, 7) is 3.18. The third kappa shape index (κ3) is 3.21. The van der Waals surface area contributed by atoms with Gasteiger partial charge in [0.05, 0.1) is 10.6 Å². The van der Waals surface area contributed by atoms with Gasteiger partial charge in [0, 0.05) is 12.0 Å². The van der Waals surface area contributed by atoms with E-state index in [1.165, 1.54) is 24.3 Å². The van der Waals surface area contributed by atoms with Crippen molar-refractivity contribution in [1.82, 2.24) is 0 Å². The first kappa shape index (κ1) is 13.0. The van der Waals surface area contributed by atoms with Crippen molar-refractivity contribution in [2.45, 2.75) is 18.7 Å². The molecule has 0 fully saturated rings. The largest absolute Gasteiger partial charge is 0.508 e. The number of benzene rings is 1. The molecule has 0 bridgehead atoms. The summed E-state index contributed by atoms with van der Waals surface area (Å²) in [6.07, 6.45) is 0. The van der Waals surface area contributed by atoms with Crippen molar-refractivity contribution < 1.29 is 18.6 Å². The molecule has 0 unspecified atom stereocenters. The van der Waals surface area contributed by atoms with Crippen LogP contribution in [0.2, 0.25) is 0 Å². The molecule has 5 heteroatoms. The molecule has 0 saturated carbocycles. The molecular formula is C11H16O4S. The summed E-state index contributed by atoms with van der Waals surface area (Å²) in [5.74, 6) is -0.0956. The van der Waals surface area contributed by atoms with Gasteiger partial charge in [0.15, 0.2) is 9.84 Å². The second kappa shape index (κ2) is 4.43. The normalized spacial score (nSPS) is 12.7. The lowest BCUT2D eigenvalue weighted by Gasteiger charge is -2.21. The van der Waals surface area contributed by atoms with Gasteiger partial charge in [0.25, 0.3) is 0 Å². The van der Waals surface area contributed by atoms with Crippen LogP contribution in [0.3, 0.4) is 0 Å². The Balaban J connectivity index is 2.99. The molecule has 2 N–H and O–H groups in total. The maximum Gasteiger partial charge on any atom is 0.178 e. The van der Waals surface area contributed by atoms with Gasteiger partial charge in [-0.2, -0.15) is 0 Å². The Kier molecular flexibility index (Phi) is 3.60. The Bertz CT molecular complexity index is 445. The Morgan fingerprint density at radius 1 is 1.19 bits per heavy atom. The number of aromatic hydroxyl groups is 1. The fourth-order valence-electron chi connectivity index (χ4n) is 1.30. The molecule has 1 rings (SSSR count). The summed E-state index contributed by atoms with van der Waals surface area (Å²) in [5, 5.41) is 18.1. The van der Waals surface area contributed by atoms with Gasteiger partial charge in [-0.25, -0.2) is 8.42 Å². The number of sulfone groups is 1. The van der Waals surface area contributed by atoms with Crippen molar-refractivity contribution in [3.63, 3.8) is 0 Å². The third-order valence-corrected chi connectivity index (χ3v) is 4.36. The molecule has 1 aromatic rings. The van der Waals surface area contributed by atoms with Gasteiger partial charge in [-0.05, 0) is 24.3 Å². The Hall–Kier alpha value is -1.07. The van der Waals surface area contributed by atoms with Gasteiger partial charge >= 0.3 is 0 Å². The molecule has 0 aliphatic carbocycles. The second-order valence-corrected chi connectivity index (χ2v) is 6.56. The highest BCUT2D eigenvalue weighted by molar-refractivity contribution is 7.91. The van der Waals surface area contributed by atoms with E-state index in [0.29, 0.717) is 0 Å². The van der Waals surface area contributed by atoms with Crippen LogP contribution in [0.15, 0.2) is 29.2 Å². The third-order valence-electron chi connectivity index (χ3n) is 2.20. The van der Waals surface area contributed by atoms with Crippen LogP contribution in [-0.4, -0.2) is 31.0 Å². The minimum absolute atomic E-state index is 0.0281. The summed E-state index contributed by atoms with van der Waals surface area (Å²) >= 11 is 0. The zero-order chi connectivity index (χ0) is 12.4. The van der Waals surface area contributed by atoms with E-state index in [4.69, 9.17) is 10.2 Å². The molecule has 0 spiro atoms. The Morgan fingerprint density at radius 2 is 1.69 bits per heavy atom. The second-order valence-electron chi connectivity index (χ2n) is 4.58. The number of phenolic OH excluding ortho intramolecular Hbond substituents is 1. The zero-order valence-corrected chi connectivity index (χ0v) is 10.2. The molecular weight excluding hydrogens is 228 g/mol. The lowest BCUT2D eigenvalue weighted by atomic mass is 9.98. The Labute approximate surface area is 95.5 Å². The molecule has 90 valence electrons. The van der Waals surface area contributed by atoms with Crippen LogP contribution in [-0.2, 0) is 9.84 Å². The van der Waals surface area contributed by atoms with Crippen LogP contribution in [0.5, 0.6) is 5.75 Å².